The van der Waals surface area contributed by atoms with Crippen molar-refractivity contribution in [2.45, 2.75) is 51.0 Å². The minimum atomic E-state index is -0.190. The van der Waals surface area contributed by atoms with Gasteiger partial charge in [0.1, 0.15) is 0 Å². The Balaban J connectivity index is 1.64. The normalized spacial score (nSPS) is 19.8. The molecular formula is C19H26N4O3. The van der Waals surface area contributed by atoms with E-state index in [0.29, 0.717) is 23.7 Å². The Bertz CT molecular complexity index is 668. The Morgan fingerprint density at radius 1 is 1.15 bits per heavy atom. The number of nitrogens with two attached hydrogens (primary N) is 1. The van der Waals surface area contributed by atoms with Gasteiger partial charge in [-0.1, -0.05) is 19.3 Å². The molecule has 0 spiro atoms. The molecule has 0 radical (unpaired) electrons. The molecular weight excluding hydrogens is 332 g/mol. The largest absolute Gasteiger partial charge is 0.348 e. The second-order valence-electron chi connectivity index (χ2n) is 7.02. The standard InChI is InChI=1S/C19H26N4O3/c20-12-16(13-4-2-1-3-5-13)21-19(26)14-6-8-15(9-7-14)23-18(25)11-10-17(24)22-23/h6-9,13,16H,1-5,10-12,20H2,(H,21,26)(H,22,24). The van der Waals surface area contributed by atoms with Gasteiger partial charge in [-0.3, -0.25) is 19.8 Å². The summed E-state index contributed by atoms with van der Waals surface area (Å²) in [6.45, 7) is 0.433. The van der Waals surface area contributed by atoms with Gasteiger partial charge in [-0.05, 0) is 43.0 Å². The van der Waals surface area contributed by atoms with Crippen LogP contribution in [-0.4, -0.2) is 30.3 Å². The molecule has 2 fully saturated rings. The first kappa shape index (κ1) is 18.4. The highest BCUT2D eigenvalue weighted by molar-refractivity contribution is 6.01. The van der Waals surface area contributed by atoms with Crippen LogP contribution in [0.1, 0.15) is 55.3 Å². The van der Waals surface area contributed by atoms with Crippen molar-refractivity contribution in [1.82, 2.24) is 10.7 Å². The Labute approximate surface area is 153 Å². The van der Waals surface area contributed by atoms with Gasteiger partial charge in [0.2, 0.25) is 11.8 Å². The number of carbonyl (C=O) groups excluding carboxylic acids is 3. The molecule has 1 heterocycles. The molecule has 1 aromatic carbocycles. The number of rotatable bonds is 5. The maximum Gasteiger partial charge on any atom is 0.251 e. The molecule has 1 aliphatic heterocycles. The maximum absolute atomic E-state index is 12.5. The lowest BCUT2D eigenvalue weighted by Gasteiger charge is -2.30. The molecule has 0 bridgehead atoms. The second kappa shape index (κ2) is 8.31. The quantitative estimate of drug-likeness (QED) is 0.741. The van der Waals surface area contributed by atoms with Gasteiger partial charge < -0.3 is 11.1 Å². The van der Waals surface area contributed by atoms with Gasteiger partial charge in [0.05, 0.1) is 5.69 Å². The summed E-state index contributed by atoms with van der Waals surface area (Å²) in [5.41, 5.74) is 9.48. The van der Waals surface area contributed by atoms with Gasteiger partial charge in [0.15, 0.2) is 0 Å². The average molecular weight is 358 g/mol. The zero-order chi connectivity index (χ0) is 18.5. The van der Waals surface area contributed by atoms with Crippen molar-refractivity contribution in [2.75, 3.05) is 11.6 Å². The second-order valence-corrected chi connectivity index (χ2v) is 7.02. The molecule has 7 nitrogen and oxygen atoms in total. The lowest BCUT2D eigenvalue weighted by molar-refractivity contribution is -0.130. The fourth-order valence-electron chi connectivity index (χ4n) is 3.70. The fraction of sp³-hybridized carbons (Fsp3) is 0.526. The van der Waals surface area contributed by atoms with Gasteiger partial charge in [0.25, 0.3) is 5.91 Å². The third-order valence-electron chi connectivity index (χ3n) is 5.23. The van der Waals surface area contributed by atoms with Crippen LogP contribution in [0.15, 0.2) is 24.3 Å². The van der Waals surface area contributed by atoms with Gasteiger partial charge in [0, 0.05) is 31.0 Å². The monoisotopic (exact) mass is 358 g/mol. The number of nitrogens with one attached hydrogen (secondary N) is 2. The van der Waals surface area contributed by atoms with E-state index in [9.17, 15) is 14.4 Å². The van der Waals surface area contributed by atoms with E-state index in [1.54, 1.807) is 24.3 Å². The summed E-state index contributed by atoms with van der Waals surface area (Å²) in [7, 11) is 0. The third kappa shape index (κ3) is 4.22. The first-order valence-corrected chi connectivity index (χ1v) is 9.32. The van der Waals surface area contributed by atoms with Crippen LogP contribution in [0.5, 0.6) is 0 Å². The molecule has 1 unspecified atom stereocenters. The number of anilines is 1. The van der Waals surface area contributed by atoms with E-state index in [2.05, 4.69) is 10.7 Å². The number of hydrogen-bond donors (Lipinski definition) is 3. The van der Waals surface area contributed by atoms with Crippen LogP contribution in [0.2, 0.25) is 0 Å². The smallest absolute Gasteiger partial charge is 0.251 e. The van der Waals surface area contributed by atoms with Crippen molar-refractivity contribution in [3.05, 3.63) is 29.8 Å². The Morgan fingerprint density at radius 2 is 1.85 bits per heavy atom. The number of carbonyl (C=O) groups is 3. The SMILES string of the molecule is NCC(NC(=O)c1ccc(N2NC(=O)CCC2=O)cc1)C1CCCCC1. The highest BCUT2D eigenvalue weighted by Crippen LogP contribution is 2.26. The minimum Gasteiger partial charge on any atom is -0.348 e. The molecule has 4 N–H and O–H groups in total. The molecule has 1 saturated carbocycles. The van der Waals surface area contributed by atoms with Crippen molar-refractivity contribution in [2.24, 2.45) is 11.7 Å². The summed E-state index contributed by atoms with van der Waals surface area (Å²) in [6, 6.07) is 6.64. The molecule has 2 aliphatic rings. The summed E-state index contributed by atoms with van der Waals surface area (Å²) in [5.74, 6) is -0.0725. The predicted molar refractivity (Wildman–Crippen MR) is 98.2 cm³/mol. The first-order chi connectivity index (χ1) is 12.6. The van der Waals surface area contributed by atoms with Gasteiger partial charge in [-0.2, -0.15) is 0 Å². The van der Waals surface area contributed by atoms with Crippen LogP contribution >= 0.6 is 0 Å². The van der Waals surface area contributed by atoms with Crippen molar-refractivity contribution in [1.29, 1.82) is 0 Å². The number of benzene rings is 1. The van der Waals surface area contributed by atoms with Crippen LogP contribution in [0.25, 0.3) is 0 Å². The van der Waals surface area contributed by atoms with E-state index in [0.717, 1.165) is 12.8 Å². The summed E-state index contributed by atoms with van der Waals surface area (Å²) in [6.07, 6.45) is 6.26. The average Bonchev–Trinajstić information content (AvgIpc) is 2.68. The van der Waals surface area contributed by atoms with E-state index >= 15 is 0 Å². The molecule has 1 atom stereocenters. The number of hydrogen-bond acceptors (Lipinski definition) is 4. The van der Waals surface area contributed by atoms with E-state index in [1.165, 1.54) is 24.3 Å². The summed E-state index contributed by atoms with van der Waals surface area (Å²) >= 11 is 0. The molecule has 7 heteroatoms. The highest BCUT2D eigenvalue weighted by atomic mass is 16.2. The Hall–Kier alpha value is -2.41. The topological polar surface area (TPSA) is 105 Å². The molecule has 140 valence electrons. The maximum atomic E-state index is 12.5. The molecule has 1 aliphatic carbocycles. The zero-order valence-corrected chi connectivity index (χ0v) is 14.9. The van der Waals surface area contributed by atoms with Gasteiger partial charge >= 0.3 is 0 Å². The van der Waals surface area contributed by atoms with E-state index in [4.69, 9.17) is 5.73 Å². The highest BCUT2D eigenvalue weighted by Gasteiger charge is 2.26. The zero-order valence-electron chi connectivity index (χ0n) is 14.9. The minimum absolute atomic E-state index is 0.00885. The molecule has 26 heavy (non-hydrogen) atoms. The van der Waals surface area contributed by atoms with E-state index in [-0.39, 0.29) is 36.6 Å². The van der Waals surface area contributed by atoms with Gasteiger partial charge in [-0.15, -0.1) is 0 Å². The van der Waals surface area contributed by atoms with Crippen LogP contribution in [0.4, 0.5) is 5.69 Å². The molecule has 0 aromatic heterocycles. The Kier molecular flexibility index (Phi) is 5.88. The lowest BCUT2D eigenvalue weighted by Crippen LogP contribution is -2.50. The summed E-state index contributed by atoms with van der Waals surface area (Å²) in [5, 5.41) is 4.29. The van der Waals surface area contributed by atoms with Crippen molar-refractivity contribution in [3.63, 3.8) is 0 Å². The fourth-order valence-corrected chi connectivity index (χ4v) is 3.70. The molecule has 3 rings (SSSR count). The summed E-state index contributed by atoms with van der Waals surface area (Å²) in [4.78, 5) is 36.0. The van der Waals surface area contributed by atoms with E-state index < -0.39 is 0 Å². The summed E-state index contributed by atoms with van der Waals surface area (Å²) < 4.78 is 0. The Morgan fingerprint density at radius 3 is 2.50 bits per heavy atom. The van der Waals surface area contributed by atoms with Gasteiger partial charge in [-0.25, -0.2) is 5.01 Å². The van der Waals surface area contributed by atoms with Crippen LogP contribution in [0, 0.1) is 5.92 Å². The number of hydrazine groups is 1. The van der Waals surface area contributed by atoms with E-state index in [1.807, 2.05) is 0 Å². The van der Waals surface area contributed by atoms with Crippen LogP contribution in [0.3, 0.4) is 0 Å². The number of amides is 3. The van der Waals surface area contributed by atoms with Crippen LogP contribution < -0.4 is 21.5 Å². The third-order valence-corrected chi connectivity index (χ3v) is 5.23. The van der Waals surface area contributed by atoms with Crippen LogP contribution in [-0.2, 0) is 9.59 Å². The van der Waals surface area contributed by atoms with Crippen molar-refractivity contribution < 1.29 is 14.4 Å². The lowest BCUT2D eigenvalue weighted by atomic mass is 9.84. The molecule has 1 aromatic rings. The predicted octanol–water partition coefficient (Wildman–Crippen LogP) is 1.48. The number of nitrogens with zero attached hydrogens (tertiary/aromatic N) is 1. The molecule has 3 amide bonds. The first-order valence-electron chi connectivity index (χ1n) is 9.32. The van der Waals surface area contributed by atoms with Crippen molar-refractivity contribution >= 4 is 23.4 Å². The van der Waals surface area contributed by atoms with Crippen molar-refractivity contribution in [3.8, 4) is 0 Å². The molecule has 1 saturated heterocycles.